The first kappa shape index (κ1) is 14.9. The van der Waals surface area contributed by atoms with Gasteiger partial charge in [-0.3, -0.25) is 4.79 Å². The van der Waals surface area contributed by atoms with Crippen molar-refractivity contribution < 1.29 is 14.3 Å². The summed E-state index contributed by atoms with van der Waals surface area (Å²) in [5, 5.41) is 0. The topological polar surface area (TPSA) is 35.5 Å². The zero-order valence-electron chi connectivity index (χ0n) is 12.4. The molecule has 0 bridgehead atoms. The number of methoxy groups -OCH3 is 1. The molecule has 2 rings (SSSR count). The fourth-order valence-corrected chi connectivity index (χ4v) is 3.14. The highest BCUT2D eigenvalue weighted by atomic mass is 16.5. The van der Waals surface area contributed by atoms with E-state index in [4.69, 9.17) is 9.47 Å². The van der Waals surface area contributed by atoms with Gasteiger partial charge in [-0.1, -0.05) is 18.2 Å². The molecule has 0 aromatic heterocycles. The minimum Gasteiger partial charge on any atom is -0.496 e. The molecule has 0 heterocycles. The highest BCUT2D eigenvalue weighted by Crippen LogP contribution is 2.40. The second-order valence-electron chi connectivity index (χ2n) is 5.47. The summed E-state index contributed by atoms with van der Waals surface area (Å²) in [7, 11) is 1.73. The van der Waals surface area contributed by atoms with E-state index in [2.05, 4.69) is 12.1 Å². The number of benzene rings is 1. The molecule has 20 heavy (non-hydrogen) atoms. The van der Waals surface area contributed by atoms with Crippen LogP contribution in [0.25, 0.3) is 0 Å². The van der Waals surface area contributed by atoms with Gasteiger partial charge in [-0.2, -0.15) is 0 Å². The standard InChI is InChI=1S/C17H24O3/c1-3-20-17(18)12-13-8-10-14(11-9-13)15-6-4-5-7-16(15)19-2/h4-7,13-14H,3,8-12H2,1-2H3. The van der Waals surface area contributed by atoms with E-state index in [1.165, 1.54) is 5.56 Å². The van der Waals surface area contributed by atoms with Crippen LogP contribution in [0, 0.1) is 5.92 Å². The third-order valence-electron chi connectivity index (χ3n) is 4.19. The molecule has 0 amide bonds. The van der Waals surface area contributed by atoms with Crippen LogP contribution < -0.4 is 4.74 Å². The number of hydrogen-bond donors (Lipinski definition) is 0. The molecule has 1 fully saturated rings. The molecule has 1 aromatic carbocycles. The van der Waals surface area contributed by atoms with Gasteiger partial charge in [0.25, 0.3) is 0 Å². The van der Waals surface area contributed by atoms with Gasteiger partial charge in [0, 0.05) is 6.42 Å². The maximum absolute atomic E-state index is 11.5. The maximum atomic E-state index is 11.5. The van der Waals surface area contributed by atoms with E-state index < -0.39 is 0 Å². The number of hydrogen-bond acceptors (Lipinski definition) is 3. The third-order valence-corrected chi connectivity index (χ3v) is 4.19. The van der Waals surface area contributed by atoms with Gasteiger partial charge in [-0.05, 0) is 56.1 Å². The number of carbonyl (C=O) groups excluding carboxylic acids is 1. The summed E-state index contributed by atoms with van der Waals surface area (Å²) in [6.45, 7) is 2.34. The SMILES string of the molecule is CCOC(=O)CC1CCC(c2ccccc2OC)CC1. The Hall–Kier alpha value is -1.51. The molecule has 3 heteroatoms. The molecule has 0 N–H and O–H groups in total. The van der Waals surface area contributed by atoms with Gasteiger partial charge in [-0.25, -0.2) is 0 Å². The van der Waals surface area contributed by atoms with Crippen LogP contribution in [0.1, 0.15) is 50.5 Å². The number of carbonyl (C=O) groups is 1. The van der Waals surface area contributed by atoms with E-state index in [9.17, 15) is 4.79 Å². The number of para-hydroxylation sites is 1. The van der Waals surface area contributed by atoms with Crippen molar-refractivity contribution in [2.75, 3.05) is 13.7 Å². The van der Waals surface area contributed by atoms with Gasteiger partial charge in [0.1, 0.15) is 5.75 Å². The van der Waals surface area contributed by atoms with Crippen LogP contribution in [0.3, 0.4) is 0 Å². The van der Waals surface area contributed by atoms with Gasteiger partial charge in [0.15, 0.2) is 0 Å². The fraction of sp³-hybridized carbons (Fsp3) is 0.588. The molecule has 3 nitrogen and oxygen atoms in total. The van der Waals surface area contributed by atoms with Crippen molar-refractivity contribution in [1.82, 2.24) is 0 Å². The smallest absolute Gasteiger partial charge is 0.306 e. The van der Waals surface area contributed by atoms with Crippen molar-refractivity contribution in [1.29, 1.82) is 0 Å². The average molecular weight is 276 g/mol. The Kier molecular flexibility index (Phi) is 5.45. The molecule has 110 valence electrons. The van der Waals surface area contributed by atoms with Crippen molar-refractivity contribution in [3.63, 3.8) is 0 Å². The van der Waals surface area contributed by atoms with Gasteiger partial charge in [0.2, 0.25) is 0 Å². The summed E-state index contributed by atoms with van der Waals surface area (Å²) in [5.74, 6) is 1.99. The molecule has 0 spiro atoms. The van der Waals surface area contributed by atoms with E-state index in [1.54, 1.807) is 7.11 Å². The van der Waals surface area contributed by atoms with E-state index in [-0.39, 0.29) is 5.97 Å². The second kappa shape index (κ2) is 7.32. The van der Waals surface area contributed by atoms with Crippen molar-refractivity contribution >= 4 is 5.97 Å². The Morgan fingerprint density at radius 3 is 2.55 bits per heavy atom. The van der Waals surface area contributed by atoms with Crippen LogP contribution in [0.5, 0.6) is 5.75 Å². The van der Waals surface area contributed by atoms with Crippen molar-refractivity contribution in [3.8, 4) is 5.75 Å². The molecular formula is C17H24O3. The van der Waals surface area contributed by atoms with Crippen LogP contribution in [0.2, 0.25) is 0 Å². The first-order valence-electron chi connectivity index (χ1n) is 7.53. The predicted octanol–water partition coefficient (Wildman–Crippen LogP) is 3.92. The average Bonchev–Trinajstić information content (AvgIpc) is 2.48. The Balaban J connectivity index is 1.89. The minimum atomic E-state index is -0.0479. The summed E-state index contributed by atoms with van der Waals surface area (Å²) < 4.78 is 10.5. The van der Waals surface area contributed by atoms with Crippen LogP contribution in [-0.2, 0) is 9.53 Å². The predicted molar refractivity (Wildman–Crippen MR) is 78.9 cm³/mol. The van der Waals surface area contributed by atoms with Gasteiger partial charge >= 0.3 is 5.97 Å². The molecule has 0 unspecified atom stereocenters. The molecule has 1 aliphatic carbocycles. The fourth-order valence-electron chi connectivity index (χ4n) is 3.14. The monoisotopic (exact) mass is 276 g/mol. The Morgan fingerprint density at radius 1 is 1.20 bits per heavy atom. The first-order valence-corrected chi connectivity index (χ1v) is 7.53. The van der Waals surface area contributed by atoms with Crippen molar-refractivity contribution in [3.05, 3.63) is 29.8 Å². The Bertz CT molecular complexity index is 434. The molecule has 1 saturated carbocycles. The van der Waals surface area contributed by atoms with Crippen LogP contribution in [-0.4, -0.2) is 19.7 Å². The molecule has 0 saturated heterocycles. The first-order chi connectivity index (χ1) is 9.74. The summed E-state index contributed by atoms with van der Waals surface area (Å²) in [6.07, 6.45) is 5.03. The van der Waals surface area contributed by atoms with Crippen LogP contribution in [0.4, 0.5) is 0 Å². The van der Waals surface area contributed by atoms with Gasteiger partial charge in [-0.15, -0.1) is 0 Å². The lowest BCUT2D eigenvalue weighted by molar-refractivity contribution is -0.144. The zero-order chi connectivity index (χ0) is 14.4. The quantitative estimate of drug-likeness (QED) is 0.765. The van der Waals surface area contributed by atoms with Gasteiger partial charge in [0.05, 0.1) is 13.7 Å². The molecule has 0 radical (unpaired) electrons. The lowest BCUT2D eigenvalue weighted by Crippen LogP contribution is -2.18. The van der Waals surface area contributed by atoms with E-state index in [0.29, 0.717) is 24.9 Å². The highest BCUT2D eigenvalue weighted by Gasteiger charge is 2.25. The van der Waals surface area contributed by atoms with E-state index in [1.807, 2.05) is 19.1 Å². The second-order valence-corrected chi connectivity index (χ2v) is 5.47. The molecule has 1 aliphatic rings. The van der Waals surface area contributed by atoms with E-state index >= 15 is 0 Å². The lowest BCUT2D eigenvalue weighted by atomic mass is 9.77. The summed E-state index contributed by atoms with van der Waals surface area (Å²) >= 11 is 0. The third kappa shape index (κ3) is 3.75. The summed E-state index contributed by atoms with van der Waals surface area (Å²) in [5.41, 5.74) is 1.31. The normalized spacial score (nSPS) is 22.3. The number of rotatable bonds is 5. The number of esters is 1. The highest BCUT2D eigenvalue weighted by molar-refractivity contribution is 5.69. The molecule has 1 aromatic rings. The van der Waals surface area contributed by atoms with Crippen molar-refractivity contribution in [2.45, 2.75) is 44.9 Å². The largest absolute Gasteiger partial charge is 0.496 e. The lowest BCUT2D eigenvalue weighted by Gasteiger charge is -2.29. The number of ether oxygens (including phenoxy) is 2. The zero-order valence-corrected chi connectivity index (χ0v) is 12.4. The Labute approximate surface area is 121 Å². The van der Waals surface area contributed by atoms with Gasteiger partial charge < -0.3 is 9.47 Å². The summed E-state index contributed by atoms with van der Waals surface area (Å²) in [4.78, 5) is 11.5. The molecule has 0 aliphatic heterocycles. The Morgan fingerprint density at radius 2 is 1.90 bits per heavy atom. The van der Waals surface area contributed by atoms with Crippen LogP contribution in [0.15, 0.2) is 24.3 Å². The van der Waals surface area contributed by atoms with Crippen molar-refractivity contribution in [2.24, 2.45) is 5.92 Å². The van der Waals surface area contributed by atoms with E-state index in [0.717, 1.165) is 31.4 Å². The minimum absolute atomic E-state index is 0.0479. The van der Waals surface area contributed by atoms with Crippen LogP contribution >= 0.6 is 0 Å². The summed E-state index contributed by atoms with van der Waals surface area (Å²) in [6, 6.07) is 8.27. The maximum Gasteiger partial charge on any atom is 0.306 e. The molecular weight excluding hydrogens is 252 g/mol. The molecule has 0 atom stereocenters.